The van der Waals surface area contributed by atoms with Gasteiger partial charge in [-0.3, -0.25) is 4.79 Å². The van der Waals surface area contributed by atoms with E-state index < -0.39 is 15.9 Å². The van der Waals surface area contributed by atoms with Crippen LogP contribution in [0.25, 0.3) is 0 Å². The molecule has 7 heteroatoms. The van der Waals surface area contributed by atoms with Gasteiger partial charge in [0.25, 0.3) is 10.0 Å². The summed E-state index contributed by atoms with van der Waals surface area (Å²) in [7, 11) is -3.87. The van der Waals surface area contributed by atoms with Crippen LogP contribution in [-0.4, -0.2) is 14.3 Å². The number of halogens is 1. The number of carbonyl (C=O) groups excluding carboxylic acids is 1. The van der Waals surface area contributed by atoms with Crippen LogP contribution in [0.2, 0.25) is 5.02 Å². The summed E-state index contributed by atoms with van der Waals surface area (Å²) in [5, 5.41) is 0.274. The SMILES string of the molecule is CC1CC1C(=O)NS(=O)(=O)c1ccc(Cl)c(N)c1. The third kappa shape index (κ3) is 2.59. The molecule has 0 bridgehead atoms. The summed E-state index contributed by atoms with van der Waals surface area (Å²) >= 11 is 5.71. The van der Waals surface area contributed by atoms with Gasteiger partial charge in [0.2, 0.25) is 5.91 Å². The quantitative estimate of drug-likeness (QED) is 0.822. The van der Waals surface area contributed by atoms with Gasteiger partial charge in [-0.1, -0.05) is 18.5 Å². The summed E-state index contributed by atoms with van der Waals surface area (Å²) in [5.41, 5.74) is 5.69. The third-order valence-corrected chi connectivity index (χ3v) is 4.65. The number of nitrogens with one attached hydrogen (secondary N) is 1. The molecule has 0 heterocycles. The van der Waals surface area contributed by atoms with Gasteiger partial charge < -0.3 is 5.73 Å². The summed E-state index contributed by atoms with van der Waals surface area (Å²) in [5.74, 6) is -0.420. The standard InChI is InChI=1S/C11H13ClN2O3S/c1-6-4-8(6)11(15)14-18(16,17)7-2-3-9(12)10(13)5-7/h2-3,5-6,8H,4,13H2,1H3,(H,14,15). The van der Waals surface area contributed by atoms with Gasteiger partial charge in [0, 0.05) is 5.92 Å². The molecule has 3 N–H and O–H groups in total. The van der Waals surface area contributed by atoms with Crippen molar-refractivity contribution in [3.63, 3.8) is 0 Å². The Morgan fingerprint density at radius 3 is 2.61 bits per heavy atom. The number of nitrogen functional groups attached to an aromatic ring is 1. The molecule has 1 saturated carbocycles. The molecule has 0 aliphatic heterocycles. The lowest BCUT2D eigenvalue weighted by atomic mass is 10.3. The second kappa shape index (κ2) is 4.44. The fraction of sp³-hybridized carbons (Fsp3) is 0.364. The Morgan fingerprint density at radius 2 is 2.11 bits per heavy atom. The summed E-state index contributed by atoms with van der Waals surface area (Å²) in [4.78, 5) is 11.5. The predicted molar refractivity (Wildman–Crippen MR) is 68.5 cm³/mol. The molecule has 2 unspecified atom stereocenters. The molecular formula is C11H13ClN2O3S. The van der Waals surface area contributed by atoms with E-state index in [9.17, 15) is 13.2 Å². The zero-order valence-electron chi connectivity index (χ0n) is 9.68. The number of hydrogen-bond donors (Lipinski definition) is 2. The minimum absolute atomic E-state index is 0.0638. The Labute approximate surface area is 110 Å². The van der Waals surface area contributed by atoms with Crippen LogP contribution in [0.1, 0.15) is 13.3 Å². The zero-order valence-corrected chi connectivity index (χ0v) is 11.3. The summed E-state index contributed by atoms with van der Waals surface area (Å²) in [6.45, 7) is 1.90. The van der Waals surface area contributed by atoms with Crippen LogP contribution in [0.4, 0.5) is 5.69 Å². The monoisotopic (exact) mass is 288 g/mol. The van der Waals surface area contributed by atoms with E-state index >= 15 is 0 Å². The second-order valence-electron chi connectivity index (χ2n) is 4.47. The highest BCUT2D eigenvalue weighted by Gasteiger charge is 2.40. The Hall–Kier alpha value is -1.27. The van der Waals surface area contributed by atoms with Crippen molar-refractivity contribution >= 4 is 33.2 Å². The van der Waals surface area contributed by atoms with Gasteiger partial charge in [0.15, 0.2) is 0 Å². The number of sulfonamides is 1. The van der Waals surface area contributed by atoms with Gasteiger partial charge in [-0.15, -0.1) is 0 Å². The van der Waals surface area contributed by atoms with Crippen molar-refractivity contribution in [2.45, 2.75) is 18.2 Å². The molecule has 1 aliphatic carbocycles. The van der Waals surface area contributed by atoms with E-state index in [4.69, 9.17) is 17.3 Å². The number of hydrogen-bond acceptors (Lipinski definition) is 4. The highest BCUT2D eigenvalue weighted by molar-refractivity contribution is 7.90. The minimum Gasteiger partial charge on any atom is -0.397 e. The summed E-state index contributed by atoms with van der Waals surface area (Å²) < 4.78 is 25.9. The maximum absolute atomic E-state index is 11.9. The molecule has 1 aromatic carbocycles. The van der Waals surface area contributed by atoms with Crippen molar-refractivity contribution < 1.29 is 13.2 Å². The lowest BCUT2D eigenvalue weighted by molar-refractivity contribution is -0.120. The fourth-order valence-electron chi connectivity index (χ4n) is 1.64. The van der Waals surface area contributed by atoms with Gasteiger partial charge in [-0.25, -0.2) is 13.1 Å². The number of anilines is 1. The highest BCUT2D eigenvalue weighted by atomic mass is 35.5. The predicted octanol–water partition coefficient (Wildman–Crippen LogP) is 1.38. The topological polar surface area (TPSA) is 89.3 Å². The first-order valence-electron chi connectivity index (χ1n) is 5.43. The van der Waals surface area contributed by atoms with E-state index in [1.54, 1.807) is 0 Å². The molecular weight excluding hydrogens is 276 g/mol. The first-order chi connectivity index (χ1) is 8.31. The molecule has 2 atom stereocenters. The fourth-order valence-corrected chi connectivity index (χ4v) is 2.82. The van der Waals surface area contributed by atoms with Crippen molar-refractivity contribution in [2.75, 3.05) is 5.73 Å². The van der Waals surface area contributed by atoms with E-state index in [0.717, 1.165) is 6.42 Å². The van der Waals surface area contributed by atoms with Crippen LogP contribution in [0.15, 0.2) is 23.1 Å². The van der Waals surface area contributed by atoms with Gasteiger partial charge in [-0.2, -0.15) is 0 Å². The van der Waals surface area contributed by atoms with E-state index in [1.165, 1.54) is 18.2 Å². The van der Waals surface area contributed by atoms with Crippen molar-refractivity contribution in [2.24, 2.45) is 11.8 Å². The lowest BCUT2D eigenvalue weighted by Crippen LogP contribution is -2.32. The summed E-state index contributed by atoms with van der Waals surface area (Å²) in [6.07, 6.45) is 0.726. The first kappa shape index (κ1) is 13.2. The van der Waals surface area contributed by atoms with E-state index in [-0.39, 0.29) is 27.4 Å². The molecule has 0 spiro atoms. The molecule has 1 fully saturated rings. The van der Waals surface area contributed by atoms with Crippen LogP contribution in [-0.2, 0) is 14.8 Å². The Balaban J connectivity index is 2.20. The minimum atomic E-state index is -3.87. The molecule has 2 rings (SSSR count). The number of rotatable bonds is 3. The van der Waals surface area contributed by atoms with Crippen molar-refractivity contribution in [3.05, 3.63) is 23.2 Å². The molecule has 1 aliphatic rings. The van der Waals surface area contributed by atoms with Gasteiger partial charge in [0.1, 0.15) is 0 Å². The summed E-state index contributed by atoms with van der Waals surface area (Å²) in [6, 6.07) is 3.93. The third-order valence-electron chi connectivity index (χ3n) is 2.96. The van der Waals surface area contributed by atoms with Crippen LogP contribution in [0.5, 0.6) is 0 Å². The number of nitrogens with two attached hydrogens (primary N) is 1. The zero-order chi connectivity index (χ0) is 13.5. The molecule has 18 heavy (non-hydrogen) atoms. The molecule has 0 radical (unpaired) electrons. The van der Waals surface area contributed by atoms with Crippen LogP contribution in [0, 0.1) is 11.8 Å². The Bertz CT molecular complexity index is 600. The highest BCUT2D eigenvalue weighted by Crippen LogP contribution is 2.38. The van der Waals surface area contributed by atoms with Gasteiger partial charge >= 0.3 is 0 Å². The van der Waals surface area contributed by atoms with Crippen LogP contribution < -0.4 is 10.5 Å². The second-order valence-corrected chi connectivity index (χ2v) is 6.56. The van der Waals surface area contributed by atoms with E-state index in [1.807, 2.05) is 11.6 Å². The van der Waals surface area contributed by atoms with Crippen molar-refractivity contribution in [1.82, 2.24) is 4.72 Å². The number of amides is 1. The maximum Gasteiger partial charge on any atom is 0.264 e. The Morgan fingerprint density at radius 1 is 1.50 bits per heavy atom. The lowest BCUT2D eigenvalue weighted by Gasteiger charge is -2.07. The van der Waals surface area contributed by atoms with Crippen LogP contribution >= 0.6 is 11.6 Å². The number of carbonyl (C=O) groups is 1. The molecule has 0 aromatic heterocycles. The van der Waals surface area contributed by atoms with E-state index in [0.29, 0.717) is 0 Å². The van der Waals surface area contributed by atoms with Crippen molar-refractivity contribution in [1.29, 1.82) is 0 Å². The molecule has 1 aromatic rings. The molecule has 1 amide bonds. The van der Waals surface area contributed by atoms with Gasteiger partial charge in [-0.05, 0) is 30.5 Å². The average molecular weight is 289 g/mol. The van der Waals surface area contributed by atoms with Crippen LogP contribution in [0.3, 0.4) is 0 Å². The van der Waals surface area contributed by atoms with E-state index in [2.05, 4.69) is 0 Å². The van der Waals surface area contributed by atoms with Crippen molar-refractivity contribution in [3.8, 4) is 0 Å². The normalized spacial score (nSPS) is 22.6. The first-order valence-corrected chi connectivity index (χ1v) is 7.29. The molecule has 5 nitrogen and oxygen atoms in total. The van der Waals surface area contributed by atoms with Gasteiger partial charge in [0.05, 0.1) is 15.6 Å². The smallest absolute Gasteiger partial charge is 0.264 e. The average Bonchev–Trinajstić information content (AvgIpc) is 2.99. The largest absolute Gasteiger partial charge is 0.397 e. The molecule has 98 valence electrons. The molecule has 0 saturated heterocycles. The number of benzene rings is 1. The Kier molecular flexibility index (Phi) is 3.25. The maximum atomic E-state index is 11.9.